The fourth-order valence-corrected chi connectivity index (χ4v) is 6.57. The van der Waals surface area contributed by atoms with Crippen LogP contribution in [0.1, 0.15) is 60.8 Å². The SMILES string of the molecule is Cc1ccc(N(CCCC(=O)N(Cc2ccccc2F)[C@@H](Cc2ccccc2)C(=O)NC2CCCC2)S(C)(=O)=O)cc1C. The van der Waals surface area contributed by atoms with Gasteiger partial charge in [-0.15, -0.1) is 0 Å². The van der Waals surface area contributed by atoms with Crippen LogP contribution in [0.15, 0.2) is 72.8 Å². The van der Waals surface area contributed by atoms with Crippen LogP contribution >= 0.6 is 0 Å². The molecule has 0 radical (unpaired) electrons. The van der Waals surface area contributed by atoms with E-state index in [1.165, 1.54) is 15.3 Å². The highest BCUT2D eigenvalue weighted by atomic mass is 32.2. The van der Waals surface area contributed by atoms with E-state index in [2.05, 4.69) is 5.32 Å². The van der Waals surface area contributed by atoms with Gasteiger partial charge in [0.05, 0.1) is 11.9 Å². The van der Waals surface area contributed by atoms with Crippen LogP contribution in [0.5, 0.6) is 0 Å². The fraction of sp³-hybridized carbons (Fsp3) is 0.412. The van der Waals surface area contributed by atoms with Crippen LogP contribution in [0.2, 0.25) is 0 Å². The molecule has 1 saturated carbocycles. The highest BCUT2D eigenvalue weighted by molar-refractivity contribution is 7.92. The second kappa shape index (κ2) is 14.6. The first-order chi connectivity index (χ1) is 20.5. The average Bonchev–Trinajstić information content (AvgIpc) is 3.48. The van der Waals surface area contributed by atoms with Gasteiger partial charge in [0.25, 0.3) is 0 Å². The van der Waals surface area contributed by atoms with E-state index in [1.54, 1.807) is 24.3 Å². The van der Waals surface area contributed by atoms with Gasteiger partial charge in [0, 0.05) is 37.5 Å². The first kappa shape index (κ1) is 32.2. The summed E-state index contributed by atoms with van der Waals surface area (Å²) < 4.78 is 41.6. The smallest absolute Gasteiger partial charge is 0.243 e. The molecule has 0 spiro atoms. The summed E-state index contributed by atoms with van der Waals surface area (Å²) in [4.78, 5) is 29.2. The van der Waals surface area contributed by atoms with Gasteiger partial charge in [-0.25, -0.2) is 12.8 Å². The summed E-state index contributed by atoms with van der Waals surface area (Å²) in [5, 5.41) is 3.15. The molecular formula is C34H42FN3O4S. The van der Waals surface area contributed by atoms with Crippen LogP contribution in [-0.4, -0.2) is 50.0 Å². The number of rotatable bonds is 13. The van der Waals surface area contributed by atoms with E-state index in [9.17, 15) is 22.4 Å². The van der Waals surface area contributed by atoms with Crippen LogP contribution in [0.4, 0.5) is 10.1 Å². The maximum atomic E-state index is 14.9. The molecule has 1 atom stereocenters. The molecule has 0 aliphatic heterocycles. The van der Waals surface area contributed by atoms with Crippen molar-refractivity contribution in [2.24, 2.45) is 0 Å². The molecular weight excluding hydrogens is 565 g/mol. The van der Waals surface area contributed by atoms with Gasteiger partial charge in [0.1, 0.15) is 11.9 Å². The van der Waals surface area contributed by atoms with Crippen LogP contribution in [0.25, 0.3) is 0 Å². The molecule has 1 aliphatic carbocycles. The van der Waals surface area contributed by atoms with Crippen LogP contribution in [0.3, 0.4) is 0 Å². The first-order valence-corrected chi connectivity index (χ1v) is 16.8. The Balaban J connectivity index is 1.59. The second-order valence-electron chi connectivity index (χ2n) is 11.5. The van der Waals surface area contributed by atoms with E-state index in [-0.39, 0.29) is 50.2 Å². The quantitative estimate of drug-likeness (QED) is 0.271. The van der Waals surface area contributed by atoms with Gasteiger partial charge < -0.3 is 10.2 Å². The van der Waals surface area contributed by atoms with E-state index < -0.39 is 21.9 Å². The molecule has 9 heteroatoms. The molecule has 0 aromatic heterocycles. The number of aryl methyl sites for hydroxylation is 2. The van der Waals surface area contributed by atoms with Gasteiger partial charge in [0.15, 0.2) is 0 Å². The Labute approximate surface area is 255 Å². The minimum atomic E-state index is -3.61. The lowest BCUT2D eigenvalue weighted by Gasteiger charge is -2.33. The molecule has 7 nitrogen and oxygen atoms in total. The van der Waals surface area contributed by atoms with Crippen molar-refractivity contribution in [3.8, 4) is 0 Å². The largest absolute Gasteiger partial charge is 0.352 e. The Morgan fingerprint density at radius 3 is 2.28 bits per heavy atom. The molecule has 0 unspecified atom stereocenters. The Morgan fingerprint density at radius 1 is 0.953 bits per heavy atom. The molecule has 3 aromatic rings. The van der Waals surface area contributed by atoms with Gasteiger partial charge in [-0.1, -0.05) is 67.4 Å². The lowest BCUT2D eigenvalue weighted by atomic mass is 10.0. The zero-order valence-electron chi connectivity index (χ0n) is 25.3. The number of nitrogens with one attached hydrogen (secondary N) is 1. The van der Waals surface area contributed by atoms with E-state index in [0.29, 0.717) is 11.3 Å². The molecule has 1 N–H and O–H groups in total. The second-order valence-corrected chi connectivity index (χ2v) is 13.4. The number of carbonyl (C=O) groups excluding carboxylic acids is 2. The summed E-state index contributed by atoms with van der Waals surface area (Å²) in [5.41, 5.74) is 3.76. The van der Waals surface area contributed by atoms with E-state index in [0.717, 1.165) is 48.6 Å². The zero-order valence-corrected chi connectivity index (χ0v) is 26.1. The summed E-state index contributed by atoms with van der Waals surface area (Å²) in [5.74, 6) is -1.04. The highest BCUT2D eigenvalue weighted by Gasteiger charge is 2.32. The van der Waals surface area contributed by atoms with E-state index >= 15 is 0 Å². The van der Waals surface area contributed by atoms with Crippen LogP contribution in [-0.2, 0) is 32.6 Å². The Bertz CT molecular complexity index is 1510. The predicted molar refractivity (Wildman–Crippen MR) is 169 cm³/mol. The number of sulfonamides is 1. The minimum Gasteiger partial charge on any atom is -0.352 e. The molecule has 1 aliphatic rings. The van der Waals surface area contributed by atoms with Gasteiger partial charge in [-0.2, -0.15) is 0 Å². The molecule has 0 heterocycles. The predicted octanol–water partition coefficient (Wildman–Crippen LogP) is 5.69. The number of halogens is 1. The number of nitrogens with zero attached hydrogens (tertiary/aromatic N) is 2. The number of benzene rings is 3. The Kier molecular flexibility index (Phi) is 11.0. The van der Waals surface area contributed by atoms with Gasteiger partial charge in [-0.3, -0.25) is 13.9 Å². The molecule has 0 bridgehead atoms. The van der Waals surface area contributed by atoms with Crippen molar-refractivity contribution in [2.75, 3.05) is 17.1 Å². The number of hydrogen-bond donors (Lipinski definition) is 1. The summed E-state index contributed by atoms with van der Waals surface area (Å²) in [6.07, 6.45) is 5.53. The van der Waals surface area contributed by atoms with Gasteiger partial charge in [-0.05, 0) is 68.0 Å². The average molecular weight is 608 g/mol. The summed E-state index contributed by atoms with van der Waals surface area (Å²) in [6.45, 7) is 3.90. The van der Waals surface area contributed by atoms with Crippen molar-refractivity contribution in [2.45, 2.75) is 77.4 Å². The molecule has 0 saturated heterocycles. The third-order valence-electron chi connectivity index (χ3n) is 8.20. The van der Waals surface area contributed by atoms with Crippen molar-refractivity contribution in [1.29, 1.82) is 0 Å². The zero-order chi connectivity index (χ0) is 31.0. The first-order valence-electron chi connectivity index (χ1n) is 14.9. The third kappa shape index (κ3) is 8.89. The lowest BCUT2D eigenvalue weighted by molar-refractivity contribution is -0.141. The van der Waals surface area contributed by atoms with Crippen LogP contribution < -0.4 is 9.62 Å². The Hall–Kier alpha value is -3.72. The van der Waals surface area contributed by atoms with Gasteiger partial charge in [0.2, 0.25) is 21.8 Å². The number of hydrogen-bond acceptors (Lipinski definition) is 4. The number of carbonyl (C=O) groups is 2. The number of amides is 2. The lowest BCUT2D eigenvalue weighted by Crippen LogP contribution is -2.52. The molecule has 230 valence electrons. The van der Waals surface area contributed by atoms with Crippen molar-refractivity contribution < 1.29 is 22.4 Å². The summed E-state index contributed by atoms with van der Waals surface area (Å²) in [7, 11) is -3.61. The van der Waals surface area contributed by atoms with Crippen molar-refractivity contribution >= 4 is 27.5 Å². The number of anilines is 1. The van der Waals surface area contributed by atoms with E-state index in [1.807, 2.05) is 56.3 Å². The molecule has 2 amide bonds. The maximum Gasteiger partial charge on any atom is 0.243 e. The summed E-state index contributed by atoms with van der Waals surface area (Å²) in [6, 6.07) is 20.4. The van der Waals surface area contributed by atoms with E-state index in [4.69, 9.17) is 0 Å². The maximum absolute atomic E-state index is 14.9. The molecule has 3 aromatic carbocycles. The highest BCUT2D eigenvalue weighted by Crippen LogP contribution is 2.24. The normalized spacial score (nSPS) is 14.3. The third-order valence-corrected chi connectivity index (χ3v) is 9.40. The van der Waals surface area contributed by atoms with Crippen molar-refractivity contribution in [3.63, 3.8) is 0 Å². The standard InChI is InChI=1S/C34H42FN3O4S/c1-25-19-20-30(22-26(25)2)38(43(3,41)42)21-11-18-33(39)37(24-28-14-7-10-17-31(28)35)32(23-27-12-5-4-6-13-27)34(40)36-29-15-8-9-16-29/h4-7,10,12-14,17,19-20,22,29,32H,8-9,11,15-16,18,21,23-24H2,1-3H3,(H,36,40)/t32-/m0/s1. The fourth-order valence-electron chi connectivity index (χ4n) is 5.62. The summed E-state index contributed by atoms with van der Waals surface area (Å²) >= 11 is 0. The van der Waals surface area contributed by atoms with Crippen LogP contribution in [0, 0.1) is 19.7 Å². The van der Waals surface area contributed by atoms with Crippen molar-refractivity contribution in [3.05, 3.63) is 101 Å². The topological polar surface area (TPSA) is 86.8 Å². The molecule has 43 heavy (non-hydrogen) atoms. The van der Waals surface area contributed by atoms with Gasteiger partial charge >= 0.3 is 0 Å². The van der Waals surface area contributed by atoms with Crippen molar-refractivity contribution in [1.82, 2.24) is 10.2 Å². The Morgan fingerprint density at radius 2 is 1.63 bits per heavy atom. The minimum absolute atomic E-state index is 0.00663. The monoisotopic (exact) mass is 607 g/mol. The molecule has 1 fully saturated rings. The molecule has 4 rings (SSSR count).